The van der Waals surface area contributed by atoms with Crippen LogP contribution in [-0.2, 0) is 11.3 Å². The number of carboxylic acid groups (broad SMARTS) is 1. The highest BCUT2D eigenvalue weighted by Gasteiger charge is 2.08. The van der Waals surface area contributed by atoms with Gasteiger partial charge in [0.25, 0.3) is 0 Å². The number of carbonyl (C=O) groups is 2. The number of rotatable bonds is 7. The van der Waals surface area contributed by atoms with E-state index in [0.717, 1.165) is 5.69 Å². The van der Waals surface area contributed by atoms with Gasteiger partial charge in [-0.15, -0.1) is 5.10 Å². The minimum atomic E-state index is -1.13. The van der Waals surface area contributed by atoms with Crippen LogP contribution in [0.15, 0.2) is 36.5 Å². The number of anilines is 1. The molecule has 0 radical (unpaired) electrons. The molecule has 110 valence electrons. The van der Waals surface area contributed by atoms with E-state index in [0.29, 0.717) is 13.1 Å². The summed E-state index contributed by atoms with van der Waals surface area (Å²) in [5, 5.41) is 21.5. The maximum absolute atomic E-state index is 11.6. The lowest BCUT2D eigenvalue weighted by Crippen LogP contribution is -2.32. The van der Waals surface area contributed by atoms with Crippen LogP contribution in [-0.4, -0.2) is 45.1 Å². The Morgan fingerprint density at radius 2 is 2.00 bits per heavy atom. The van der Waals surface area contributed by atoms with E-state index in [-0.39, 0.29) is 18.1 Å². The van der Waals surface area contributed by atoms with E-state index in [1.165, 1.54) is 10.9 Å². The van der Waals surface area contributed by atoms with Crippen molar-refractivity contribution in [2.24, 2.45) is 0 Å². The number of aromatic carboxylic acids is 1. The van der Waals surface area contributed by atoms with Crippen molar-refractivity contribution in [1.29, 1.82) is 0 Å². The summed E-state index contributed by atoms with van der Waals surface area (Å²) in [6.07, 6.45) is 1.32. The van der Waals surface area contributed by atoms with Crippen molar-refractivity contribution in [3.8, 4) is 0 Å². The zero-order valence-electron chi connectivity index (χ0n) is 11.2. The van der Waals surface area contributed by atoms with Gasteiger partial charge in [0.2, 0.25) is 5.91 Å². The van der Waals surface area contributed by atoms with Crippen LogP contribution < -0.4 is 10.6 Å². The second-order valence-electron chi connectivity index (χ2n) is 4.24. The maximum atomic E-state index is 11.6. The third-order valence-corrected chi connectivity index (χ3v) is 2.65. The zero-order chi connectivity index (χ0) is 15.1. The monoisotopic (exact) mass is 289 g/mol. The molecule has 21 heavy (non-hydrogen) atoms. The Hall–Kier alpha value is -2.90. The SMILES string of the molecule is O=C(CNc1ccccc1)NCCn1cc(C(=O)O)nn1. The molecule has 0 fully saturated rings. The number of aromatic nitrogens is 3. The Morgan fingerprint density at radius 3 is 2.67 bits per heavy atom. The molecule has 0 aliphatic carbocycles. The molecule has 8 nitrogen and oxygen atoms in total. The van der Waals surface area contributed by atoms with E-state index < -0.39 is 5.97 Å². The van der Waals surface area contributed by atoms with Gasteiger partial charge in [0.1, 0.15) is 0 Å². The van der Waals surface area contributed by atoms with Gasteiger partial charge in [-0.1, -0.05) is 23.4 Å². The summed E-state index contributed by atoms with van der Waals surface area (Å²) in [7, 11) is 0. The number of hydrogen-bond donors (Lipinski definition) is 3. The minimum Gasteiger partial charge on any atom is -0.476 e. The standard InChI is InChI=1S/C13H15N5O3/c19-12(8-15-10-4-2-1-3-5-10)14-6-7-18-9-11(13(20)21)16-17-18/h1-5,9,15H,6-8H2,(H,14,19)(H,20,21). The highest BCUT2D eigenvalue weighted by Crippen LogP contribution is 2.03. The number of nitrogens with one attached hydrogen (secondary N) is 2. The van der Waals surface area contributed by atoms with Gasteiger partial charge >= 0.3 is 5.97 Å². The Bertz CT molecular complexity index is 611. The third-order valence-electron chi connectivity index (χ3n) is 2.65. The molecule has 1 amide bonds. The number of carboxylic acids is 1. The molecule has 0 atom stereocenters. The van der Waals surface area contributed by atoms with E-state index in [2.05, 4.69) is 20.9 Å². The van der Waals surface area contributed by atoms with E-state index in [4.69, 9.17) is 5.11 Å². The second kappa shape index (κ2) is 7.04. The second-order valence-corrected chi connectivity index (χ2v) is 4.24. The molecule has 0 saturated carbocycles. The Labute approximate surface area is 120 Å². The van der Waals surface area contributed by atoms with Crippen molar-refractivity contribution >= 4 is 17.6 Å². The van der Waals surface area contributed by atoms with Crippen molar-refractivity contribution in [3.05, 3.63) is 42.2 Å². The van der Waals surface area contributed by atoms with Crippen molar-refractivity contribution < 1.29 is 14.7 Å². The largest absolute Gasteiger partial charge is 0.476 e. The van der Waals surface area contributed by atoms with Crippen LogP contribution in [0.2, 0.25) is 0 Å². The normalized spacial score (nSPS) is 10.1. The molecule has 2 rings (SSSR count). The van der Waals surface area contributed by atoms with Crippen molar-refractivity contribution in [2.45, 2.75) is 6.54 Å². The fraction of sp³-hybridized carbons (Fsp3) is 0.231. The first-order valence-electron chi connectivity index (χ1n) is 6.34. The van der Waals surface area contributed by atoms with Gasteiger partial charge < -0.3 is 15.7 Å². The predicted octanol–water partition coefficient (Wildman–Crippen LogP) is 0.205. The highest BCUT2D eigenvalue weighted by atomic mass is 16.4. The first kappa shape index (κ1) is 14.5. The number of para-hydroxylation sites is 1. The number of amides is 1. The molecular formula is C13H15N5O3. The Morgan fingerprint density at radius 1 is 1.24 bits per heavy atom. The highest BCUT2D eigenvalue weighted by molar-refractivity contribution is 5.84. The number of hydrogen-bond acceptors (Lipinski definition) is 5. The molecule has 3 N–H and O–H groups in total. The lowest BCUT2D eigenvalue weighted by atomic mass is 10.3. The number of carbonyl (C=O) groups excluding carboxylic acids is 1. The van der Waals surface area contributed by atoms with Gasteiger partial charge in [0.05, 0.1) is 19.3 Å². The van der Waals surface area contributed by atoms with Crippen LogP contribution in [0.1, 0.15) is 10.5 Å². The minimum absolute atomic E-state index is 0.118. The van der Waals surface area contributed by atoms with Crippen LogP contribution in [0.5, 0.6) is 0 Å². The average molecular weight is 289 g/mol. The quantitative estimate of drug-likeness (QED) is 0.672. The van der Waals surface area contributed by atoms with Crippen molar-refractivity contribution in [1.82, 2.24) is 20.3 Å². The van der Waals surface area contributed by atoms with Crippen LogP contribution in [0, 0.1) is 0 Å². The molecule has 0 bridgehead atoms. The molecule has 2 aromatic rings. The first-order chi connectivity index (χ1) is 10.1. The van der Waals surface area contributed by atoms with E-state index in [9.17, 15) is 9.59 Å². The molecule has 0 aliphatic heterocycles. The van der Waals surface area contributed by atoms with Crippen LogP contribution in [0.4, 0.5) is 5.69 Å². The first-order valence-corrected chi connectivity index (χ1v) is 6.34. The summed E-state index contributed by atoms with van der Waals surface area (Å²) in [5.41, 5.74) is 0.752. The Balaban J connectivity index is 1.68. The lowest BCUT2D eigenvalue weighted by molar-refractivity contribution is -0.119. The zero-order valence-corrected chi connectivity index (χ0v) is 11.2. The predicted molar refractivity (Wildman–Crippen MR) is 74.9 cm³/mol. The summed E-state index contributed by atoms with van der Waals surface area (Å²) in [6, 6.07) is 9.40. The fourth-order valence-corrected chi connectivity index (χ4v) is 1.62. The molecule has 8 heteroatoms. The molecule has 0 unspecified atom stereocenters. The summed E-state index contributed by atoms with van der Waals surface area (Å²) in [5.74, 6) is -1.28. The van der Waals surface area contributed by atoms with E-state index in [1.54, 1.807) is 0 Å². The summed E-state index contributed by atoms with van der Waals surface area (Å²) in [4.78, 5) is 22.2. The van der Waals surface area contributed by atoms with Gasteiger partial charge in [-0.25, -0.2) is 9.48 Å². The van der Waals surface area contributed by atoms with Gasteiger partial charge in [-0.3, -0.25) is 4.79 Å². The topological polar surface area (TPSA) is 109 Å². The van der Waals surface area contributed by atoms with Gasteiger partial charge in [-0.2, -0.15) is 0 Å². The van der Waals surface area contributed by atoms with Gasteiger partial charge in [0, 0.05) is 12.2 Å². The van der Waals surface area contributed by atoms with Gasteiger partial charge in [-0.05, 0) is 12.1 Å². The van der Waals surface area contributed by atoms with E-state index in [1.807, 2.05) is 30.3 Å². The van der Waals surface area contributed by atoms with Crippen LogP contribution in [0.3, 0.4) is 0 Å². The average Bonchev–Trinajstić information content (AvgIpc) is 2.95. The number of benzene rings is 1. The summed E-state index contributed by atoms with van der Waals surface area (Å²) < 4.78 is 1.37. The fourth-order valence-electron chi connectivity index (χ4n) is 1.62. The van der Waals surface area contributed by atoms with Gasteiger partial charge in [0.15, 0.2) is 5.69 Å². The maximum Gasteiger partial charge on any atom is 0.358 e. The third kappa shape index (κ3) is 4.60. The molecule has 1 aromatic heterocycles. The molecule has 0 aliphatic rings. The molecule has 1 aromatic carbocycles. The molecule has 0 saturated heterocycles. The molecule has 0 spiro atoms. The lowest BCUT2D eigenvalue weighted by Gasteiger charge is -2.07. The van der Waals surface area contributed by atoms with Crippen LogP contribution in [0.25, 0.3) is 0 Å². The van der Waals surface area contributed by atoms with Crippen molar-refractivity contribution in [2.75, 3.05) is 18.4 Å². The molecule has 1 heterocycles. The van der Waals surface area contributed by atoms with Crippen LogP contribution >= 0.6 is 0 Å². The number of nitrogens with zero attached hydrogens (tertiary/aromatic N) is 3. The smallest absolute Gasteiger partial charge is 0.358 e. The summed E-state index contributed by atoms with van der Waals surface area (Å²) >= 11 is 0. The Kier molecular flexibility index (Phi) is 4.86. The summed E-state index contributed by atoms with van der Waals surface area (Å²) in [6.45, 7) is 0.872. The van der Waals surface area contributed by atoms with Crippen molar-refractivity contribution in [3.63, 3.8) is 0 Å². The van der Waals surface area contributed by atoms with E-state index >= 15 is 0 Å². The molecular weight excluding hydrogens is 274 g/mol.